The van der Waals surface area contributed by atoms with Crippen molar-refractivity contribution in [2.75, 3.05) is 13.7 Å². The van der Waals surface area contributed by atoms with Crippen LogP contribution in [0.2, 0.25) is 0 Å². The van der Waals surface area contributed by atoms with E-state index in [1.54, 1.807) is 33.3 Å². The van der Waals surface area contributed by atoms with E-state index in [-0.39, 0.29) is 37.4 Å². The molecule has 0 saturated carbocycles. The number of furan rings is 1. The van der Waals surface area contributed by atoms with Crippen LogP contribution in [0.3, 0.4) is 0 Å². The van der Waals surface area contributed by atoms with E-state index < -0.39 is 0 Å². The fourth-order valence-corrected chi connectivity index (χ4v) is 2.19. The summed E-state index contributed by atoms with van der Waals surface area (Å²) in [6, 6.07) is 5.46. The average molecular weight is 319 g/mol. The Kier molecular flexibility index (Phi) is 5.62. The number of hydrogen-bond donors (Lipinski definition) is 1. The van der Waals surface area contributed by atoms with Crippen LogP contribution >= 0.6 is 0 Å². The SMILES string of the molecule is COc1ccc2c(CC(=O)NCCC(=O)OC(C)C)coc2c1. The Labute approximate surface area is 134 Å². The van der Waals surface area contributed by atoms with E-state index in [0.717, 1.165) is 10.9 Å². The molecular formula is C17H21NO5. The number of nitrogens with one attached hydrogen (secondary N) is 1. The second-order valence-corrected chi connectivity index (χ2v) is 5.44. The summed E-state index contributed by atoms with van der Waals surface area (Å²) in [5.41, 5.74) is 1.47. The molecule has 0 aliphatic heterocycles. The van der Waals surface area contributed by atoms with Crippen molar-refractivity contribution in [1.29, 1.82) is 0 Å². The minimum Gasteiger partial charge on any atom is -0.497 e. The number of fused-ring (bicyclic) bond motifs is 1. The van der Waals surface area contributed by atoms with E-state index in [9.17, 15) is 9.59 Å². The molecule has 0 atom stereocenters. The van der Waals surface area contributed by atoms with Gasteiger partial charge in [-0.3, -0.25) is 9.59 Å². The van der Waals surface area contributed by atoms with Gasteiger partial charge in [0.05, 0.1) is 32.3 Å². The molecule has 1 N–H and O–H groups in total. The van der Waals surface area contributed by atoms with Crippen LogP contribution in [0.4, 0.5) is 0 Å². The summed E-state index contributed by atoms with van der Waals surface area (Å²) in [7, 11) is 1.59. The Morgan fingerprint density at radius 2 is 2.09 bits per heavy atom. The zero-order valence-corrected chi connectivity index (χ0v) is 13.5. The molecule has 6 heteroatoms. The van der Waals surface area contributed by atoms with Gasteiger partial charge < -0.3 is 19.2 Å². The van der Waals surface area contributed by atoms with Crippen LogP contribution in [0.5, 0.6) is 5.75 Å². The number of amides is 1. The van der Waals surface area contributed by atoms with Crippen LogP contribution in [0.25, 0.3) is 11.0 Å². The predicted molar refractivity (Wildman–Crippen MR) is 85.3 cm³/mol. The van der Waals surface area contributed by atoms with Gasteiger partial charge in [-0.1, -0.05) is 0 Å². The van der Waals surface area contributed by atoms with Crippen molar-refractivity contribution in [3.63, 3.8) is 0 Å². The molecule has 1 amide bonds. The summed E-state index contributed by atoms with van der Waals surface area (Å²) >= 11 is 0. The fraction of sp³-hybridized carbons (Fsp3) is 0.412. The summed E-state index contributed by atoms with van der Waals surface area (Å²) < 4.78 is 15.6. The summed E-state index contributed by atoms with van der Waals surface area (Å²) in [5, 5.41) is 3.58. The molecule has 124 valence electrons. The van der Waals surface area contributed by atoms with Gasteiger partial charge in [0.25, 0.3) is 0 Å². The van der Waals surface area contributed by atoms with Crippen LogP contribution < -0.4 is 10.1 Å². The zero-order chi connectivity index (χ0) is 16.8. The maximum Gasteiger partial charge on any atom is 0.307 e. The Morgan fingerprint density at radius 1 is 1.30 bits per heavy atom. The van der Waals surface area contributed by atoms with Gasteiger partial charge >= 0.3 is 5.97 Å². The van der Waals surface area contributed by atoms with Crippen molar-refractivity contribution in [3.05, 3.63) is 30.0 Å². The van der Waals surface area contributed by atoms with Gasteiger partial charge in [0.15, 0.2) is 0 Å². The van der Waals surface area contributed by atoms with Gasteiger partial charge in [-0.25, -0.2) is 0 Å². The molecule has 0 saturated heterocycles. The van der Waals surface area contributed by atoms with Crippen molar-refractivity contribution in [2.24, 2.45) is 0 Å². The molecule has 0 radical (unpaired) electrons. The second-order valence-electron chi connectivity index (χ2n) is 5.44. The Morgan fingerprint density at radius 3 is 2.78 bits per heavy atom. The molecule has 0 fully saturated rings. The van der Waals surface area contributed by atoms with Crippen LogP contribution in [0, 0.1) is 0 Å². The third-order valence-corrected chi connectivity index (χ3v) is 3.23. The third-order valence-electron chi connectivity index (χ3n) is 3.23. The van der Waals surface area contributed by atoms with E-state index in [4.69, 9.17) is 13.9 Å². The normalized spacial score (nSPS) is 10.8. The fourth-order valence-electron chi connectivity index (χ4n) is 2.19. The highest BCUT2D eigenvalue weighted by molar-refractivity contribution is 5.88. The third kappa shape index (κ3) is 4.74. The zero-order valence-electron chi connectivity index (χ0n) is 13.5. The van der Waals surface area contributed by atoms with E-state index in [1.807, 2.05) is 12.1 Å². The number of carbonyl (C=O) groups is 2. The summed E-state index contributed by atoms with van der Waals surface area (Å²) in [4.78, 5) is 23.3. The Bertz CT molecular complexity index is 689. The molecule has 1 aromatic heterocycles. The molecule has 2 aromatic rings. The second kappa shape index (κ2) is 7.67. The quantitative estimate of drug-likeness (QED) is 0.793. The van der Waals surface area contributed by atoms with Crippen molar-refractivity contribution in [2.45, 2.75) is 32.8 Å². The monoisotopic (exact) mass is 319 g/mol. The number of hydrogen-bond acceptors (Lipinski definition) is 5. The molecule has 2 rings (SSSR count). The van der Waals surface area contributed by atoms with Crippen molar-refractivity contribution in [1.82, 2.24) is 5.32 Å². The first-order chi connectivity index (χ1) is 11.0. The van der Waals surface area contributed by atoms with Crippen molar-refractivity contribution >= 4 is 22.8 Å². The topological polar surface area (TPSA) is 77.8 Å². The minimum atomic E-state index is -0.318. The van der Waals surface area contributed by atoms with Crippen LogP contribution in [0.1, 0.15) is 25.8 Å². The highest BCUT2D eigenvalue weighted by Crippen LogP contribution is 2.25. The van der Waals surface area contributed by atoms with Gasteiger partial charge in [0.2, 0.25) is 5.91 Å². The number of esters is 1. The van der Waals surface area contributed by atoms with Crippen LogP contribution in [-0.4, -0.2) is 31.6 Å². The van der Waals surface area contributed by atoms with E-state index >= 15 is 0 Å². The van der Waals surface area contributed by atoms with Crippen molar-refractivity contribution in [3.8, 4) is 5.75 Å². The lowest BCUT2D eigenvalue weighted by atomic mass is 10.1. The number of ether oxygens (including phenoxy) is 2. The van der Waals surface area contributed by atoms with Gasteiger partial charge in [-0.15, -0.1) is 0 Å². The number of rotatable bonds is 7. The molecular weight excluding hydrogens is 298 g/mol. The van der Waals surface area contributed by atoms with E-state index in [0.29, 0.717) is 11.3 Å². The first kappa shape index (κ1) is 16.9. The molecule has 0 bridgehead atoms. The number of carbonyl (C=O) groups excluding carboxylic acids is 2. The molecule has 1 heterocycles. The van der Waals surface area contributed by atoms with Crippen molar-refractivity contribution < 1.29 is 23.5 Å². The van der Waals surface area contributed by atoms with Gasteiger partial charge in [-0.2, -0.15) is 0 Å². The lowest BCUT2D eigenvalue weighted by Crippen LogP contribution is -2.28. The maximum atomic E-state index is 12.0. The van der Waals surface area contributed by atoms with Crippen LogP contribution in [0.15, 0.2) is 28.9 Å². The molecule has 0 spiro atoms. The minimum absolute atomic E-state index is 0.146. The maximum absolute atomic E-state index is 12.0. The van der Waals surface area contributed by atoms with E-state index in [1.165, 1.54) is 0 Å². The molecule has 0 aliphatic carbocycles. The lowest BCUT2D eigenvalue weighted by Gasteiger charge is -2.08. The van der Waals surface area contributed by atoms with Gasteiger partial charge in [0.1, 0.15) is 11.3 Å². The first-order valence-corrected chi connectivity index (χ1v) is 7.50. The highest BCUT2D eigenvalue weighted by atomic mass is 16.5. The molecule has 6 nitrogen and oxygen atoms in total. The van der Waals surface area contributed by atoms with Crippen LogP contribution in [-0.2, 0) is 20.7 Å². The molecule has 0 aliphatic rings. The molecule has 1 aromatic carbocycles. The largest absolute Gasteiger partial charge is 0.497 e. The smallest absolute Gasteiger partial charge is 0.307 e. The summed E-state index contributed by atoms with van der Waals surface area (Å²) in [6.45, 7) is 3.83. The molecule has 23 heavy (non-hydrogen) atoms. The highest BCUT2D eigenvalue weighted by Gasteiger charge is 2.12. The van der Waals surface area contributed by atoms with E-state index in [2.05, 4.69) is 5.32 Å². The predicted octanol–water partition coefficient (Wildman–Crippen LogP) is 2.44. The van der Waals surface area contributed by atoms with Gasteiger partial charge in [-0.05, 0) is 26.0 Å². The Balaban J connectivity index is 1.87. The average Bonchev–Trinajstić information content (AvgIpc) is 2.88. The number of methoxy groups -OCH3 is 1. The molecule has 0 unspecified atom stereocenters. The van der Waals surface area contributed by atoms with Gasteiger partial charge in [0, 0.05) is 23.6 Å². The standard InChI is InChI=1S/C17H21NO5/c1-11(2)23-17(20)6-7-18-16(19)8-12-10-22-15-9-13(21-3)4-5-14(12)15/h4-5,9-11H,6-8H2,1-3H3,(H,18,19). The Hall–Kier alpha value is -2.50. The number of benzene rings is 1. The summed E-state index contributed by atoms with van der Waals surface area (Å²) in [5.74, 6) is 0.216. The lowest BCUT2D eigenvalue weighted by molar-refractivity contribution is -0.147. The first-order valence-electron chi connectivity index (χ1n) is 7.50. The summed E-state index contributed by atoms with van der Waals surface area (Å²) in [6.07, 6.45) is 1.77.